The van der Waals surface area contributed by atoms with E-state index in [9.17, 15) is 0 Å². The lowest BCUT2D eigenvalue weighted by Gasteiger charge is -2.37. The standard InChI is InChI=1S/C19H23N7O/c1-20-19(21-14-17-22-18(24-23-17)16-8-5-13-27-16)26-11-9-25(10-12-26)15-6-3-2-4-7-15/h2-8,13H,9-12,14H2,1H3,(H,20,21)(H,22,23,24). The van der Waals surface area contributed by atoms with Gasteiger partial charge in [-0.1, -0.05) is 18.2 Å². The number of aliphatic imine (C=N–C) groups is 1. The number of aromatic amines is 1. The third-order valence-corrected chi connectivity index (χ3v) is 4.60. The predicted octanol–water partition coefficient (Wildman–Crippen LogP) is 1.96. The Morgan fingerprint density at radius 2 is 1.96 bits per heavy atom. The van der Waals surface area contributed by atoms with E-state index in [1.807, 2.05) is 18.2 Å². The van der Waals surface area contributed by atoms with Crippen molar-refractivity contribution >= 4 is 11.6 Å². The van der Waals surface area contributed by atoms with E-state index in [2.05, 4.69) is 59.6 Å². The Morgan fingerprint density at radius 3 is 2.67 bits per heavy atom. The molecule has 3 heterocycles. The number of H-pyrrole nitrogens is 1. The van der Waals surface area contributed by atoms with Gasteiger partial charge in [-0.3, -0.25) is 10.1 Å². The molecule has 0 saturated carbocycles. The summed E-state index contributed by atoms with van der Waals surface area (Å²) in [5.41, 5.74) is 1.27. The molecule has 0 unspecified atom stereocenters. The van der Waals surface area contributed by atoms with Gasteiger partial charge in [0, 0.05) is 38.9 Å². The molecule has 0 aliphatic carbocycles. The molecular formula is C19H23N7O. The van der Waals surface area contributed by atoms with Crippen molar-refractivity contribution in [1.29, 1.82) is 0 Å². The topological polar surface area (TPSA) is 85.6 Å². The number of benzene rings is 1. The van der Waals surface area contributed by atoms with Crippen LogP contribution < -0.4 is 10.2 Å². The number of nitrogens with one attached hydrogen (secondary N) is 2. The van der Waals surface area contributed by atoms with Gasteiger partial charge in [-0.2, -0.15) is 0 Å². The van der Waals surface area contributed by atoms with Gasteiger partial charge in [0.15, 0.2) is 11.7 Å². The average Bonchev–Trinajstić information content (AvgIpc) is 3.41. The molecule has 0 atom stereocenters. The fraction of sp³-hybridized carbons (Fsp3) is 0.316. The molecule has 8 heteroatoms. The van der Waals surface area contributed by atoms with Gasteiger partial charge in [-0.15, -0.1) is 5.10 Å². The van der Waals surface area contributed by atoms with Crippen molar-refractivity contribution in [1.82, 2.24) is 25.4 Å². The first kappa shape index (κ1) is 17.1. The van der Waals surface area contributed by atoms with Crippen molar-refractivity contribution in [3.63, 3.8) is 0 Å². The minimum Gasteiger partial charge on any atom is -0.461 e. The average molecular weight is 365 g/mol. The second-order valence-electron chi connectivity index (χ2n) is 6.29. The quantitative estimate of drug-likeness (QED) is 0.543. The van der Waals surface area contributed by atoms with Crippen molar-refractivity contribution in [3.8, 4) is 11.6 Å². The van der Waals surface area contributed by atoms with Gasteiger partial charge in [-0.05, 0) is 24.3 Å². The van der Waals surface area contributed by atoms with Gasteiger partial charge >= 0.3 is 0 Å². The number of piperazine rings is 1. The smallest absolute Gasteiger partial charge is 0.216 e. The Kier molecular flexibility index (Phi) is 5.04. The first-order chi connectivity index (χ1) is 13.3. The fourth-order valence-corrected chi connectivity index (χ4v) is 3.20. The molecule has 0 bridgehead atoms. The molecule has 0 amide bonds. The summed E-state index contributed by atoms with van der Waals surface area (Å²) in [5.74, 6) is 2.83. The van der Waals surface area contributed by atoms with E-state index >= 15 is 0 Å². The summed E-state index contributed by atoms with van der Waals surface area (Å²) in [6.45, 7) is 4.30. The van der Waals surface area contributed by atoms with Crippen LogP contribution in [0.2, 0.25) is 0 Å². The van der Waals surface area contributed by atoms with Gasteiger partial charge in [0.1, 0.15) is 5.82 Å². The Labute approximate surface area is 157 Å². The van der Waals surface area contributed by atoms with Gasteiger partial charge in [0.2, 0.25) is 5.82 Å². The summed E-state index contributed by atoms with van der Waals surface area (Å²) in [4.78, 5) is 13.5. The molecule has 0 spiro atoms. The largest absolute Gasteiger partial charge is 0.461 e. The maximum absolute atomic E-state index is 5.32. The zero-order chi connectivity index (χ0) is 18.5. The summed E-state index contributed by atoms with van der Waals surface area (Å²) in [5, 5.41) is 10.5. The molecule has 1 fully saturated rings. The summed E-state index contributed by atoms with van der Waals surface area (Å²) in [6.07, 6.45) is 1.61. The van der Waals surface area contributed by atoms with Gasteiger partial charge in [0.05, 0.1) is 12.8 Å². The number of hydrogen-bond acceptors (Lipinski definition) is 5. The third-order valence-electron chi connectivity index (χ3n) is 4.60. The first-order valence-electron chi connectivity index (χ1n) is 9.04. The molecule has 27 heavy (non-hydrogen) atoms. The number of anilines is 1. The van der Waals surface area contributed by atoms with E-state index < -0.39 is 0 Å². The Balaban J connectivity index is 1.31. The molecule has 3 aromatic rings. The summed E-state index contributed by atoms with van der Waals surface area (Å²) in [7, 11) is 1.81. The van der Waals surface area contributed by atoms with Crippen LogP contribution in [0.5, 0.6) is 0 Å². The molecular weight excluding hydrogens is 342 g/mol. The second kappa shape index (κ2) is 7.94. The molecule has 140 valence electrons. The number of aromatic nitrogens is 3. The van der Waals surface area contributed by atoms with Crippen LogP contribution in [0.3, 0.4) is 0 Å². The Bertz CT molecular complexity index is 865. The monoisotopic (exact) mass is 365 g/mol. The summed E-state index contributed by atoms with van der Waals surface area (Å²) in [6, 6.07) is 14.2. The van der Waals surface area contributed by atoms with Gasteiger partial charge in [-0.25, -0.2) is 4.98 Å². The number of guanidine groups is 1. The Hall–Kier alpha value is -3.29. The van der Waals surface area contributed by atoms with E-state index in [1.165, 1.54) is 5.69 Å². The maximum atomic E-state index is 5.32. The Morgan fingerprint density at radius 1 is 1.15 bits per heavy atom. The lowest BCUT2D eigenvalue weighted by molar-refractivity contribution is 0.372. The van der Waals surface area contributed by atoms with Crippen LogP contribution in [0.25, 0.3) is 11.6 Å². The molecule has 4 rings (SSSR count). The third kappa shape index (κ3) is 3.94. The highest BCUT2D eigenvalue weighted by atomic mass is 16.3. The highest BCUT2D eigenvalue weighted by Crippen LogP contribution is 2.16. The fourth-order valence-electron chi connectivity index (χ4n) is 3.20. The van der Waals surface area contributed by atoms with Crippen LogP contribution in [0.15, 0.2) is 58.1 Å². The van der Waals surface area contributed by atoms with E-state index in [0.29, 0.717) is 18.1 Å². The van der Waals surface area contributed by atoms with E-state index in [0.717, 1.165) is 38.0 Å². The van der Waals surface area contributed by atoms with Crippen molar-refractivity contribution in [2.75, 3.05) is 38.1 Å². The zero-order valence-electron chi connectivity index (χ0n) is 15.3. The normalized spacial score (nSPS) is 15.2. The van der Waals surface area contributed by atoms with Crippen LogP contribution in [0.4, 0.5) is 5.69 Å². The van der Waals surface area contributed by atoms with E-state index in [4.69, 9.17) is 4.42 Å². The molecule has 1 aromatic carbocycles. The lowest BCUT2D eigenvalue weighted by Crippen LogP contribution is -2.52. The molecule has 2 N–H and O–H groups in total. The molecule has 1 aliphatic rings. The minimum absolute atomic E-state index is 0.527. The number of hydrogen-bond donors (Lipinski definition) is 2. The van der Waals surface area contributed by atoms with Gasteiger partial charge < -0.3 is 19.5 Å². The lowest BCUT2D eigenvalue weighted by atomic mass is 10.2. The van der Waals surface area contributed by atoms with Crippen LogP contribution in [0.1, 0.15) is 5.82 Å². The molecule has 0 radical (unpaired) electrons. The van der Waals surface area contributed by atoms with Crippen molar-refractivity contribution in [2.45, 2.75) is 6.54 Å². The van der Waals surface area contributed by atoms with E-state index in [-0.39, 0.29) is 0 Å². The van der Waals surface area contributed by atoms with Crippen molar-refractivity contribution in [3.05, 3.63) is 54.6 Å². The highest BCUT2D eigenvalue weighted by Gasteiger charge is 2.20. The predicted molar refractivity (Wildman–Crippen MR) is 105 cm³/mol. The number of rotatable bonds is 4. The SMILES string of the molecule is CN=C(NCc1nc(-c2ccco2)n[nH]1)N1CCN(c2ccccc2)CC1. The first-order valence-corrected chi connectivity index (χ1v) is 9.04. The van der Waals surface area contributed by atoms with Crippen LogP contribution in [-0.2, 0) is 6.54 Å². The van der Waals surface area contributed by atoms with Crippen LogP contribution in [0, 0.1) is 0 Å². The number of furan rings is 1. The second-order valence-corrected chi connectivity index (χ2v) is 6.29. The maximum Gasteiger partial charge on any atom is 0.216 e. The van der Waals surface area contributed by atoms with E-state index in [1.54, 1.807) is 13.3 Å². The van der Waals surface area contributed by atoms with Crippen LogP contribution >= 0.6 is 0 Å². The zero-order valence-corrected chi connectivity index (χ0v) is 15.3. The van der Waals surface area contributed by atoms with Gasteiger partial charge in [0.25, 0.3) is 0 Å². The van der Waals surface area contributed by atoms with Crippen LogP contribution in [-0.4, -0.2) is 59.3 Å². The molecule has 8 nitrogen and oxygen atoms in total. The summed E-state index contributed by atoms with van der Waals surface area (Å²) < 4.78 is 5.32. The molecule has 1 aliphatic heterocycles. The van der Waals surface area contributed by atoms with Crippen molar-refractivity contribution in [2.24, 2.45) is 4.99 Å². The number of nitrogens with zero attached hydrogens (tertiary/aromatic N) is 5. The molecule has 1 saturated heterocycles. The number of para-hydroxylation sites is 1. The molecule has 2 aromatic heterocycles. The summed E-state index contributed by atoms with van der Waals surface area (Å²) >= 11 is 0. The van der Waals surface area contributed by atoms with Crippen molar-refractivity contribution < 1.29 is 4.42 Å². The minimum atomic E-state index is 0.527. The highest BCUT2D eigenvalue weighted by molar-refractivity contribution is 5.80.